The number of carboxylic acid groups (broad SMARTS) is 1. The van der Waals surface area contributed by atoms with Crippen LogP contribution in [0.25, 0.3) is 6.08 Å². The number of carbonyl (C=O) groups excluding carboxylic acids is 1. The number of carbonyl (C=O) groups is 2. The molecule has 0 saturated carbocycles. The van der Waals surface area contributed by atoms with E-state index in [1.165, 1.54) is 24.5 Å². The summed E-state index contributed by atoms with van der Waals surface area (Å²) in [6.07, 6.45) is 8.38. The van der Waals surface area contributed by atoms with Crippen molar-refractivity contribution in [2.75, 3.05) is 6.61 Å². The van der Waals surface area contributed by atoms with Gasteiger partial charge < -0.3 is 14.6 Å². The quantitative estimate of drug-likeness (QED) is 0.273. The maximum absolute atomic E-state index is 10.5. The summed E-state index contributed by atoms with van der Waals surface area (Å²) in [6.45, 7) is 8.55. The average molecular weight is 425 g/mol. The van der Waals surface area contributed by atoms with Crippen molar-refractivity contribution >= 4 is 18.0 Å². The van der Waals surface area contributed by atoms with Crippen molar-refractivity contribution in [3.63, 3.8) is 0 Å². The van der Waals surface area contributed by atoms with Crippen molar-refractivity contribution < 1.29 is 24.2 Å². The van der Waals surface area contributed by atoms with Gasteiger partial charge in [-0.15, -0.1) is 0 Å². The number of carboxylic acids is 1. The van der Waals surface area contributed by atoms with E-state index in [2.05, 4.69) is 25.6 Å². The molecule has 0 aliphatic rings. The Morgan fingerprint density at radius 2 is 1.68 bits per heavy atom. The van der Waals surface area contributed by atoms with E-state index in [4.69, 9.17) is 14.6 Å². The van der Waals surface area contributed by atoms with Crippen LogP contribution in [-0.4, -0.2) is 23.7 Å². The number of ether oxygens (including phenoxy) is 2. The molecule has 166 valence electrons. The Bertz CT molecular complexity index is 820. The minimum atomic E-state index is -0.954. The number of hydrogen-bond acceptors (Lipinski definition) is 4. The van der Waals surface area contributed by atoms with E-state index in [9.17, 15) is 9.59 Å². The smallest absolute Gasteiger partial charge is 0.330 e. The van der Waals surface area contributed by atoms with Crippen LogP contribution in [0, 0.1) is 6.92 Å². The molecule has 0 aliphatic heterocycles. The Kier molecular flexibility index (Phi) is 12.8. The summed E-state index contributed by atoms with van der Waals surface area (Å²) in [4.78, 5) is 20.9. The number of aryl methyl sites for hydroxylation is 1. The first kappa shape index (κ1) is 25.7. The number of aliphatic carboxylic acids is 1. The molecule has 2 rings (SSSR count). The third-order valence-electron chi connectivity index (χ3n) is 4.23. The summed E-state index contributed by atoms with van der Waals surface area (Å²) >= 11 is 0. The van der Waals surface area contributed by atoms with Crippen molar-refractivity contribution in [1.29, 1.82) is 0 Å². The number of rotatable bonds is 11. The lowest BCUT2D eigenvalue weighted by Crippen LogP contribution is -2.01. The molecule has 0 saturated heterocycles. The summed E-state index contributed by atoms with van der Waals surface area (Å²) in [5, 5.41) is 8.55. The van der Waals surface area contributed by atoms with Gasteiger partial charge in [0.25, 0.3) is 0 Å². The summed E-state index contributed by atoms with van der Waals surface area (Å²) < 4.78 is 10.5. The second kappa shape index (κ2) is 15.5. The first-order valence-corrected chi connectivity index (χ1v) is 10.4. The number of hydrogen-bond donors (Lipinski definition) is 1. The Balaban J connectivity index is 0.000000373. The minimum Gasteiger partial charge on any atom is -0.489 e. The van der Waals surface area contributed by atoms with Crippen molar-refractivity contribution in [2.45, 2.75) is 46.1 Å². The molecular formula is C26H32O5. The molecule has 1 N–H and O–H groups in total. The molecule has 5 heteroatoms. The molecule has 0 amide bonds. The molecule has 31 heavy (non-hydrogen) atoms. The third-order valence-corrected chi connectivity index (χ3v) is 4.23. The van der Waals surface area contributed by atoms with Gasteiger partial charge in [0.1, 0.15) is 12.4 Å². The molecule has 0 fully saturated rings. The zero-order valence-corrected chi connectivity index (χ0v) is 18.4. The van der Waals surface area contributed by atoms with Crippen LogP contribution in [0.1, 0.15) is 49.3 Å². The van der Waals surface area contributed by atoms with Crippen LogP contribution in [0.4, 0.5) is 0 Å². The topological polar surface area (TPSA) is 72.8 Å². The third kappa shape index (κ3) is 12.7. The van der Waals surface area contributed by atoms with Crippen molar-refractivity contribution in [3.05, 3.63) is 84.0 Å². The molecule has 0 bridgehead atoms. The van der Waals surface area contributed by atoms with Crippen LogP contribution in [-0.2, 0) is 20.9 Å². The highest BCUT2D eigenvalue weighted by atomic mass is 16.5. The Morgan fingerprint density at radius 1 is 1.00 bits per heavy atom. The maximum atomic E-state index is 10.5. The highest BCUT2D eigenvalue weighted by Crippen LogP contribution is 2.15. The zero-order valence-electron chi connectivity index (χ0n) is 18.4. The van der Waals surface area contributed by atoms with Crippen LogP contribution in [0.2, 0.25) is 0 Å². The fraction of sp³-hybridized carbons (Fsp3) is 0.308. The van der Waals surface area contributed by atoms with Gasteiger partial charge in [-0.1, -0.05) is 74.7 Å². The Labute approximate surface area is 185 Å². The van der Waals surface area contributed by atoms with Crippen molar-refractivity contribution in [3.8, 4) is 5.75 Å². The van der Waals surface area contributed by atoms with E-state index >= 15 is 0 Å². The van der Waals surface area contributed by atoms with E-state index in [1.807, 2.05) is 43.3 Å². The zero-order chi connectivity index (χ0) is 22.9. The second-order valence-electron chi connectivity index (χ2n) is 6.95. The Morgan fingerprint density at radius 3 is 2.26 bits per heavy atom. The predicted molar refractivity (Wildman–Crippen MR) is 124 cm³/mol. The summed E-state index contributed by atoms with van der Waals surface area (Å²) in [5.74, 6) is -0.510. The van der Waals surface area contributed by atoms with Gasteiger partial charge in [0, 0.05) is 12.2 Å². The van der Waals surface area contributed by atoms with Gasteiger partial charge in [0.2, 0.25) is 0 Å². The average Bonchev–Trinajstić information content (AvgIpc) is 2.78. The van der Waals surface area contributed by atoms with Crippen LogP contribution in [0.5, 0.6) is 5.75 Å². The van der Waals surface area contributed by atoms with E-state index in [-0.39, 0.29) is 5.97 Å². The summed E-state index contributed by atoms with van der Waals surface area (Å²) in [5.41, 5.74) is 3.17. The number of benzene rings is 2. The van der Waals surface area contributed by atoms with Gasteiger partial charge >= 0.3 is 11.9 Å². The van der Waals surface area contributed by atoms with Crippen molar-refractivity contribution in [2.24, 2.45) is 0 Å². The van der Waals surface area contributed by atoms with Crippen LogP contribution >= 0.6 is 0 Å². The van der Waals surface area contributed by atoms with E-state index in [0.717, 1.165) is 35.8 Å². The van der Waals surface area contributed by atoms with Crippen molar-refractivity contribution in [1.82, 2.24) is 0 Å². The summed E-state index contributed by atoms with van der Waals surface area (Å²) in [6, 6.07) is 15.5. The van der Waals surface area contributed by atoms with Crippen LogP contribution in [0.15, 0.2) is 67.3 Å². The molecule has 0 spiro atoms. The second-order valence-corrected chi connectivity index (χ2v) is 6.95. The lowest BCUT2D eigenvalue weighted by atomic mass is 10.2. The first-order valence-electron chi connectivity index (χ1n) is 10.4. The molecule has 0 radical (unpaired) electrons. The van der Waals surface area contributed by atoms with E-state index in [0.29, 0.717) is 13.2 Å². The molecule has 0 aromatic heterocycles. The van der Waals surface area contributed by atoms with Gasteiger partial charge in [0.15, 0.2) is 0 Å². The fourth-order valence-corrected chi connectivity index (χ4v) is 2.45. The van der Waals surface area contributed by atoms with E-state index in [1.54, 1.807) is 6.08 Å². The largest absolute Gasteiger partial charge is 0.489 e. The number of unbranched alkanes of at least 4 members (excludes halogenated alkanes) is 3. The van der Waals surface area contributed by atoms with Gasteiger partial charge in [-0.2, -0.15) is 0 Å². The molecule has 2 aromatic rings. The predicted octanol–water partition coefficient (Wildman–Crippen LogP) is 5.97. The summed E-state index contributed by atoms with van der Waals surface area (Å²) in [7, 11) is 0. The monoisotopic (exact) mass is 424 g/mol. The van der Waals surface area contributed by atoms with Gasteiger partial charge in [-0.3, -0.25) is 0 Å². The molecule has 2 aromatic carbocycles. The lowest BCUT2D eigenvalue weighted by molar-refractivity contribution is -0.138. The van der Waals surface area contributed by atoms with Crippen LogP contribution < -0.4 is 4.74 Å². The minimum absolute atomic E-state index is 0.318. The molecule has 0 atom stereocenters. The first-order chi connectivity index (χ1) is 14.9. The molecule has 0 heterocycles. The Hall–Kier alpha value is -3.34. The highest BCUT2D eigenvalue weighted by molar-refractivity contribution is 5.85. The lowest BCUT2D eigenvalue weighted by Gasteiger charge is -2.06. The van der Waals surface area contributed by atoms with Crippen LogP contribution in [0.3, 0.4) is 0 Å². The van der Waals surface area contributed by atoms with Gasteiger partial charge in [-0.25, -0.2) is 9.59 Å². The fourth-order valence-electron chi connectivity index (χ4n) is 2.45. The SMILES string of the molecule is C=CC(=O)OCCCCCC.Cc1ccc(COc2ccc(C=CC(=O)O)cc2)cc1. The normalized spacial score (nSPS) is 10.1. The van der Waals surface area contributed by atoms with Gasteiger partial charge in [-0.05, 0) is 42.7 Å². The molecule has 0 aliphatic carbocycles. The number of esters is 1. The molecule has 5 nitrogen and oxygen atoms in total. The maximum Gasteiger partial charge on any atom is 0.330 e. The standard InChI is InChI=1S/C17H16O3.C9H16O2/c1-13-2-4-15(5-3-13)12-20-16-9-6-14(7-10-16)8-11-17(18)19;1-3-5-6-7-8-11-9(10)4-2/h2-11H,12H2,1H3,(H,18,19);4H,2-3,5-8H2,1H3. The molecular weight excluding hydrogens is 392 g/mol. The highest BCUT2D eigenvalue weighted by Gasteiger charge is 1.97. The van der Waals surface area contributed by atoms with E-state index < -0.39 is 5.97 Å². The van der Waals surface area contributed by atoms with Gasteiger partial charge in [0.05, 0.1) is 6.61 Å². The molecule has 0 unspecified atom stereocenters.